The van der Waals surface area contributed by atoms with E-state index in [-0.39, 0.29) is 5.82 Å². The molecule has 2 heterocycles. The number of piperidine rings is 1. The normalized spacial score (nSPS) is 15.0. The van der Waals surface area contributed by atoms with Crippen molar-refractivity contribution >= 4 is 33.4 Å². The van der Waals surface area contributed by atoms with E-state index in [4.69, 9.17) is 11.6 Å². The van der Waals surface area contributed by atoms with E-state index in [0.29, 0.717) is 5.02 Å². The predicted molar refractivity (Wildman–Crippen MR) is 87.5 cm³/mol. The molecule has 0 spiro atoms. The Bertz CT molecular complexity index is 679. The second-order valence-electron chi connectivity index (χ2n) is 5.32. The highest BCUT2D eigenvalue weighted by atomic mass is 35.5. The fourth-order valence-corrected chi connectivity index (χ4v) is 2.82. The first-order valence-electron chi connectivity index (χ1n) is 7.31. The lowest BCUT2D eigenvalue weighted by Gasteiger charge is -2.08. The first-order chi connectivity index (χ1) is 10.2. The Hall–Kier alpha value is -1.58. The molecule has 0 saturated carbocycles. The molecular weight excluding hydrogens is 287 g/mol. The topological polar surface area (TPSA) is 27.8 Å². The average molecular weight is 305 g/mol. The molecule has 1 aromatic heterocycles. The quantitative estimate of drug-likeness (QED) is 0.609. The molecule has 1 saturated heterocycles. The van der Waals surface area contributed by atoms with Gasteiger partial charge in [-0.15, -0.1) is 0 Å². The number of aromatic amines is 1. The van der Waals surface area contributed by atoms with Crippen LogP contribution in [0.4, 0.5) is 4.39 Å². The predicted octanol–water partition coefficient (Wildman–Crippen LogP) is 4.87. The summed E-state index contributed by atoms with van der Waals surface area (Å²) in [6.45, 7) is 2.50. The Labute approximate surface area is 128 Å². The summed E-state index contributed by atoms with van der Waals surface area (Å²) in [5, 5.41) is 5.77. The van der Waals surface area contributed by atoms with Gasteiger partial charge in [-0.3, -0.25) is 0 Å². The lowest BCUT2D eigenvalue weighted by molar-refractivity contribution is 0.520. The SMILES string of the molecule is C1CCNCC1.Fc1ccc2[nH]c3ccc(Cl)cc3c2c1. The Morgan fingerprint density at radius 1 is 0.857 bits per heavy atom. The second kappa shape index (κ2) is 6.46. The van der Waals surface area contributed by atoms with Crippen molar-refractivity contribution in [3.05, 3.63) is 47.2 Å². The van der Waals surface area contributed by atoms with Crippen molar-refractivity contribution in [2.45, 2.75) is 19.3 Å². The smallest absolute Gasteiger partial charge is 0.123 e. The van der Waals surface area contributed by atoms with Crippen LogP contribution in [0.2, 0.25) is 5.02 Å². The van der Waals surface area contributed by atoms with Gasteiger partial charge in [0.2, 0.25) is 0 Å². The van der Waals surface area contributed by atoms with E-state index in [1.165, 1.54) is 44.5 Å². The van der Waals surface area contributed by atoms with Crippen molar-refractivity contribution in [2.24, 2.45) is 0 Å². The van der Waals surface area contributed by atoms with Crippen LogP contribution in [-0.4, -0.2) is 18.1 Å². The number of H-pyrrole nitrogens is 1. The van der Waals surface area contributed by atoms with Crippen LogP contribution < -0.4 is 5.32 Å². The van der Waals surface area contributed by atoms with E-state index >= 15 is 0 Å². The average Bonchev–Trinajstić information content (AvgIpc) is 2.87. The van der Waals surface area contributed by atoms with E-state index in [1.54, 1.807) is 6.07 Å². The molecule has 1 aliphatic heterocycles. The van der Waals surface area contributed by atoms with Gasteiger partial charge in [0.1, 0.15) is 5.82 Å². The Morgan fingerprint density at radius 2 is 1.52 bits per heavy atom. The van der Waals surface area contributed by atoms with Gasteiger partial charge in [-0.1, -0.05) is 18.0 Å². The van der Waals surface area contributed by atoms with Crippen molar-refractivity contribution in [1.29, 1.82) is 0 Å². The molecule has 2 aromatic carbocycles. The summed E-state index contributed by atoms with van der Waals surface area (Å²) in [5.74, 6) is -0.233. The third-order valence-electron chi connectivity index (χ3n) is 3.73. The van der Waals surface area contributed by atoms with Crippen LogP contribution in [0.1, 0.15) is 19.3 Å². The lowest BCUT2D eigenvalue weighted by Crippen LogP contribution is -2.21. The number of benzene rings is 2. The summed E-state index contributed by atoms with van der Waals surface area (Å²) in [6, 6.07) is 10.3. The van der Waals surface area contributed by atoms with Crippen LogP contribution in [0, 0.1) is 5.82 Å². The molecule has 3 aromatic rings. The van der Waals surface area contributed by atoms with Crippen LogP contribution in [0.15, 0.2) is 36.4 Å². The van der Waals surface area contributed by atoms with Gasteiger partial charge in [0.15, 0.2) is 0 Å². The Kier molecular flexibility index (Phi) is 4.42. The molecule has 4 rings (SSSR count). The minimum absolute atomic E-state index is 0.233. The molecule has 2 nitrogen and oxygen atoms in total. The zero-order chi connectivity index (χ0) is 14.7. The van der Waals surface area contributed by atoms with Crippen LogP contribution in [0.3, 0.4) is 0 Å². The Balaban J connectivity index is 0.000000186. The summed E-state index contributed by atoms with van der Waals surface area (Å²) >= 11 is 5.91. The summed E-state index contributed by atoms with van der Waals surface area (Å²) in [5.41, 5.74) is 1.90. The fraction of sp³-hybridized carbons (Fsp3) is 0.294. The number of fused-ring (bicyclic) bond motifs is 3. The number of hydrogen-bond acceptors (Lipinski definition) is 1. The van der Waals surface area contributed by atoms with Gasteiger partial charge in [0, 0.05) is 26.8 Å². The van der Waals surface area contributed by atoms with E-state index in [1.807, 2.05) is 18.2 Å². The minimum atomic E-state index is -0.233. The summed E-state index contributed by atoms with van der Waals surface area (Å²) in [4.78, 5) is 3.21. The van der Waals surface area contributed by atoms with Crippen molar-refractivity contribution in [3.63, 3.8) is 0 Å². The maximum Gasteiger partial charge on any atom is 0.123 e. The maximum absolute atomic E-state index is 13.1. The van der Waals surface area contributed by atoms with Gasteiger partial charge in [-0.05, 0) is 62.3 Å². The van der Waals surface area contributed by atoms with Gasteiger partial charge in [0.25, 0.3) is 0 Å². The van der Waals surface area contributed by atoms with Crippen LogP contribution in [0.5, 0.6) is 0 Å². The molecule has 2 N–H and O–H groups in total. The van der Waals surface area contributed by atoms with E-state index < -0.39 is 0 Å². The van der Waals surface area contributed by atoms with Crippen LogP contribution in [0.25, 0.3) is 21.8 Å². The number of halogens is 2. The molecule has 0 amide bonds. The number of rotatable bonds is 0. The zero-order valence-electron chi connectivity index (χ0n) is 11.8. The number of aromatic nitrogens is 1. The standard InChI is InChI=1S/C12H7ClFN.C5H11N/c13-7-1-3-11-9(5-7)10-6-8(14)2-4-12(10)15-11;1-2-4-6-5-3-1/h1-6,15H;6H,1-5H2. The molecule has 0 unspecified atom stereocenters. The van der Waals surface area contributed by atoms with Gasteiger partial charge in [-0.2, -0.15) is 0 Å². The first kappa shape index (κ1) is 14.4. The molecule has 4 heteroatoms. The minimum Gasteiger partial charge on any atom is -0.355 e. The summed E-state index contributed by atoms with van der Waals surface area (Å²) in [7, 11) is 0. The summed E-state index contributed by atoms with van der Waals surface area (Å²) < 4.78 is 13.1. The molecule has 0 atom stereocenters. The van der Waals surface area contributed by atoms with Crippen molar-refractivity contribution in [2.75, 3.05) is 13.1 Å². The van der Waals surface area contributed by atoms with E-state index in [2.05, 4.69) is 10.3 Å². The second-order valence-corrected chi connectivity index (χ2v) is 5.75. The van der Waals surface area contributed by atoms with Gasteiger partial charge in [0.05, 0.1) is 0 Å². The van der Waals surface area contributed by atoms with E-state index in [0.717, 1.165) is 21.8 Å². The van der Waals surface area contributed by atoms with Gasteiger partial charge < -0.3 is 10.3 Å². The molecule has 21 heavy (non-hydrogen) atoms. The zero-order valence-corrected chi connectivity index (χ0v) is 12.5. The van der Waals surface area contributed by atoms with Crippen LogP contribution in [-0.2, 0) is 0 Å². The third-order valence-corrected chi connectivity index (χ3v) is 3.96. The Morgan fingerprint density at radius 3 is 2.14 bits per heavy atom. The first-order valence-corrected chi connectivity index (χ1v) is 7.69. The highest BCUT2D eigenvalue weighted by molar-refractivity contribution is 6.31. The van der Waals surface area contributed by atoms with Crippen molar-refractivity contribution in [1.82, 2.24) is 10.3 Å². The van der Waals surface area contributed by atoms with Gasteiger partial charge in [-0.25, -0.2) is 4.39 Å². The monoisotopic (exact) mass is 304 g/mol. The lowest BCUT2D eigenvalue weighted by atomic mass is 10.1. The van der Waals surface area contributed by atoms with Gasteiger partial charge >= 0.3 is 0 Å². The summed E-state index contributed by atoms with van der Waals surface area (Å²) in [6.07, 6.45) is 4.22. The molecular formula is C17H18ClFN2. The number of hydrogen-bond donors (Lipinski definition) is 2. The molecule has 0 radical (unpaired) electrons. The number of nitrogens with one attached hydrogen (secondary N) is 2. The molecule has 1 fully saturated rings. The van der Waals surface area contributed by atoms with Crippen LogP contribution >= 0.6 is 11.6 Å². The van der Waals surface area contributed by atoms with Crippen molar-refractivity contribution < 1.29 is 4.39 Å². The molecule has 1 aliphatic rings. The largest absolute Gasteiger partial charge is 0.355 e. The molecule has 0 bridgehead atoms. The van der Waals surface area contributed by atoms with Crippen molar-refractivity contribution in [3.8, 4) is 0 Å². The molecule has 0 aliphatic carbocycles. The van der Waals surface area contributed by atoms with E-state index in [9.17, 15) is 4.39 Å². The fourth-order valence-electron chi connectivity index (χ4n) is 2.64. The highest BCUT2D eigenvalue weighted by Gasteiger charge is 2.05. The molecule has 110 valence electrons. The third kappa shape index (κ3) is 3.36. The highest BCUT2D eigenvalue weighted by Crippen LogP contribution is 2.28. The maximum atomic E-state index is 13.1.